The maximum absolute atomic E-state index is 13.4. The minimum atomic E-state index is -4.77. The highest BCUT2D eigenvalue weighted by Crippen LogP contribution is 2.24. The second kappa shape index (κ2) is 9.08. The van der Waals surface area contributed by atoms with E-state index in [1.807, 2.05) is 0 Å². The molecule has 0 saturated heterocycles. The second-order valence-electron chi connectivity index (χ2n) is 6.25. The van der Waals surface area contributed by atoms with E-state index >= 15 is 0 Å². The van der Waals surface area contributed by atoms with Crippen LogP contribution in [0, 0.1) is 0 Å². The summed E-state index contributed by atoms with van der Waals surface area (Å²) in [5, 5.41) is 12.0. The summed E-state index contributed by atoms with van der Waals surface area (Å²) >= 11 is 0. The molecule has 31 heavy (non-hydrogen) atoms. The number of hydrogen-bond donors (Lipinski definition) is 3. The lowest BCUT2D eigenvalue weighted by molar-refractivity contribution is -0.0576. The molecule has 2 aromatic heterocycles. The van der Waals surface area contributed by atoms with E-state index in [0.29, 0.717) is 11.6 Å². The molecule has 3 aromatic rings. The number of nitrogens with two attached hydrogens (primary N) is 1. The van der Waals surface area contributed by atoms with Crippen molar-refractivity contribution in [1.82, 2.24) is 9.97 Å². The zero-order valence-corrected chi connectivity index (χ0v) is 15.8. The number of halogens is 3. The summed E-state index contributed by atoms with van der Waals surface area (Å²) in [6.45, 7) is 0. The van der Waals surface area contributed by atoms with Gasteiger partial charge in [0, 0.05) is 29.2 Å². The van der Waals surface area contributed by atoms with Crippen LogP contribution in [0.15, 0.2) is 78.2 Å². The second-order valence-corrected chi connectivity index (χ2v) is 6.25. The predicted molar refractivity (Wildman–Crippen MR) is 110 cm³/mol. The number of aliphatic imine (C=N–C) groups is 1. The zero-order valence-electron chi connectivity index (χ0n) is 15.8. The van der Waals surface area contributed by atoms with Gasteiger partial charge in [-0.25, -0.2) is 9.98 Å². The third-order valence-electron chi connectivity index (χ3n) is 3.93. The number of amides is 1. The van der Waals surface area contributed by atoms with Crippen molar-refractivity contribution < 1.29 is 23.1 Å². The maximum Gasteiger partial charge on any atom is 0.433 e. The number of benzene rings is 1. The molecule has 0 bridgehead atoms. The van der Waals surface area contributed by atoms with Crippen LogP contribution in [0.1, 0.15) is 15.9 Å². The number of aromatic hydroxyl groups is 1. The molecule has 3 rings (SSSR count). The average Bonchev–Trinajstić information content (AvgIpc) is 2.74. The van der Waals surface area contributed by atoms with Crippen LogP contribution in [0.4, 0.5) is 24.7 Å². The summed E-state index contributed by atoms with van der Waals surface area (Å²) in [5.41, 5.74) is 5.12. The lowest BCUT2D eigenvalue weighted by Crippen LogP contribution is -2.22. The van der Waals surface area contributed by atoms with Gasteiger partial charge >= 0.3 is 6.18 Å². The number of aromatic nitrogens is 2. The number of alkyl halides is 3. The van der Waals surface area contributed by atoms with Gasteiger partial charge in [0.1, 0.15) is 11.5 Å². The van der Waals surface area contributed by atoms with Crippen molar-refractivity contribution in [3.05, 3.63) is 84.3 Å². The van der Waals surface area contributed by atoms with Crippen LogP contribution in [0.2, 0.25) is 0 Å². The zero-order chi connectivity index (χ0) is 22.4. The fraction of sp³-hybridized carbons (Fsp3) is 0.0476. The van der Waals surface area contributed by atoms with Crippen molar-refractivity contribution >= 4 is 28.8 Å². The maximum atomic E-state index is 13.4. The van der Waals surface area contributed by atoms with E-state index in [9.17, 15) is 23.1 Å². The van der Waals surface area contributed by atoms with Gasteiger partial charge in [0.05, 0.1) is 11.9 Å². The van der Waals surface area contributed by atoms with Crippen molar-refractivity contribution in [2.24, 2.45) is 10.7 Å². The molecule has 0 atom stereocenters. The fourth-order valence-electron chi connectivity index (χ4n) is 2.44. The van der Waals surface area contributed by atoms with Crippen molar-refractivity contribution in [2.45, 2.75) is 6.18 Å². The highest BCUT2D eigenvalue weighted by atomic mass is 19.4. The lowest BCUT2D eigenvalue weighted by atomic mass is 10.2. The number of phenolic OH excluding ortho intramolecular Hbond substituents is 1. The Morgan fingerprint density at radius 2 is 1.87 bits per heavy atom. The van der Waals surface area contributed by atoms with E-state index in [1.54, 1.807) is 6.07 Å². The monoisotopic (exact) mass is 427 g/mol. The Labute approximate surface area is 174 Å². The van der Waals surface area contributed by atoms with Gasteiger partial charge < -0.3 is 16.2 Å². The third kappa shape index (κ3) is 5.89. The van der Waals surface area contributed by atoms with Crippen LogP contribution in [-0.2, 0) is 0 Å². The summed E-state index contributed by atoms with van der Waals surface area (Å²) < 4.78 is 40.2. The minimum absolute atomic E-state index is 0.0752. The number of pyridine rings is 2. The van der Waals surface area contributed by atoms with Gasteiger partial charge in [-0.3, -0.25) is 9.78 Å². The summed E-state index contributed by atoms with van der Waals surface area (Å²) in [4.78, 5) is 23.4. The molecular formula is C21H16F3N5O2. The summed E-state index contributed by atoms with van der Waals surface area (Å²) in [6, 6.07) is 11.3. The molecule has 0 fully saturated rings. The minimum Gasteiger partial charge on any atom is -0.508 e. The van der Waals surface area contributed by atoms with Crippen molar-refractivity contribution in [3.8, 4) is 5.75 Å². The molecule has 0 radical (unpaired) electrons. The Balaban J connectivity index is 1.81. The standard InChI is InChI=1S/C21H16F3N5O2/c22-21(23,24)18(10-17(25)14-4-2-8-26-11-14)29-19-7-6-15(12-27-19)28-20(31)13-3-1-5-16(30)9-13/h1-12,30H,25H2,(H,28,31). The van der Waals surface area contributed by atoms with E-state index in [-0.39, 0.29) is 28.5 Å². The topological polar surface area (TPSA) is 113 Å². The first-order chi connectivity index (χ1) is 14.7. The number of rotatable bonds is 5. The quantitative estimate of drug-likeness (QED) is 0.531. The molecule has 1 aromatic carbocycles. The summed E-state index contributed by atoms with van der Waals surface area (Å²) in [7, 11) is 0. The van der Waals surface area contributed by atoms with Crippen LogP contribution >= 0.6 is 0 Å². The molecule has 0 saturated carbocycles. The SMILES string of the molecule is NC(=CC(=Nc1ccc(NC(=O)c2cccc(O)c2)cn1)C(F)(F)F)c1cccnc1. The molecule has 1 amide bonds. The van der Waals surface area contributed by atoms with E-state index < -0.39 is 17.8 Å². The van der Waals surface area contributed by atoms with Gasteiger partial charge in [0.15, 0.2) is 5.82 Å². The number of anilines is 1. The number of phenols is 1. The Kier molecular flexibility index (Phi) is 6.29. The Hall–Kier alpha value is -4.21. The molecule has 0 aliphatic carbocycles. The summed E-state index contributed by atoms with van der Waals surface area (Å²) in [6.07, 6.45) is -0.0863. The number of nitrogens with zero attached hydrogens (tertiary/aromatic N) is 3. The van der Waals surface area contributed by atoms with Crippen molar-refractivity contribution in [1.29, 1.82) is 0 Å². The number of carbonyl (C=O) groups is 1. The summed E-state index contributed by atoms with van der Waals surface area (Å²) in [5.74, 6) is -0.816. The molecule has 0 spiro atoms. The first-order valence-corrected chi connectivity index (χ1v) is 8.82. The predicted octanol–water partition coefficient (Wildman–Crippen LogP) is 4.07. The van der Waals surface area contributed by atoms with E-state index in [0.717, 1.165) is 0 Å². The largest absolute Gasteiger partial charge is 0.508 e. The number of allylic oxidation sites excluding steroid dienone is 1. The Morgan fingerprint density at radius 1 is 1.10 bits per heavy atom. The van der Waals surface area contributed by atoms with Gasteiger partial charge in [-0.05, 0) is 48.5 Å². The van der Waals surface area contributed by atoms with Crippen LogP contribution in [0.5, 0.6) is 5.75 Å². The normalized spacial score (nSPS) is 12.5. The lowest BCUT2D eigenvalue weighted by Gasteiger charge is -2.09. The van der Waals surface area contributed by atoms with Gasteiger partial charge in [0.25, 0.3) is 5.91 Å². The number of nitrogens with one attached hydrogen (secondary N) is 1. The molecular weight excluding hydrogens is 411 g/mol. The smallest absolute Gasteiger partial charge is 0.433 e. The molecule has 10 heteroatoms. The number of hydrogen-bond acceptors (Lipinski definition) is 6. The van der Waals surface area contributed by atoms with Crippen LogP contribution in [0.3, 0.4) is 0 Å². The van der Waals surface area contributed by atoms with Crippen LogP contribution < -0.4 is 11.1 Å². The third-order valence-corrected chi connectivity index (χ3v) is 3.93. The van der Waals surface area contributed by atoms with Gasteiger partial charge in [-0.2, -0.15) is 13.2 Å². The first-order valence-electron chi connectivity index (χ1n) is 8.82. The molecule has 158 valence electrons. The average molecular weight is 427 g/mol. The van der Waals surface area contributed by atoms with Gasteiger partial charge in [-0.1, -0.05) is 6.07 Å². The van der Waals surface area contributed by atoms with Gasteiger partial charge in [0.2, 0.25) is 0 Å². The molecule has 2 heterocycles. The molecule has 0 aliphatic heterocycles. The number of carbonyl (C=O) groups excluding carboxylic acids is 1. The fourth-order valence-corrected chi connectivity index (χ4v) is 2.44. The molecule has 0 unspecified atom stereocenters. The van der Waals surface area contributed by atoms with Crippen molar-refractivity contribution in [3.63, 3.8) is 0 Å². The molecule has 7 nitrogen and oxygen atoms in total. The van der Waals surface area contributed by atoms with E-state index in [4.69, 9.17) is 5.73 Å². The first kappa shape index (κ1) is 21.5. The van der Waals surface area contributed by atoms with E-state index in [2.05, 4.69) is 20.3 Å². The highest BCUT2D eigenvalue weighted by Gasteiger charge is 2.34. The van der Waals surface area contributed by atoms with Gasteiger partial charge in [-0.15, -0.1) is 0 Å². The van der Waals surface area contributed by atoms with Crippen molar-refractivity contribution in [2.75, 3.05) is 5.32 Å². The Morgan fingerprint density at radius 3 is 2.48 bits per heavy atom. The van der Waals surface area contributed by atoms with Crippen LogP contribution in [0.25, 0.3) is 5.70 Å². The molecule has 0 aliphatic rings. The highest BCUT2D eigenvalue weighted by molar-refractivity contribution is 6.05. The van der Waals surface area contributed by atoms with Crippen LogP contribution in [-0.4, -0.2) is 32.9 Å². The Bertz CT molecular complexity index is 1130. The van der Waals surface area contributed by atoms with E-state index in [1.165, 1.54) is 61.1 Å². The molecule has 4 N–H and O–H groups in total.